The topological polar surface area (TPSA) is 151 Å². The predicted octanol–water partition coefficient (Wildman–Crippen LogP) is 2.25. The molecule has 1 aliphatic heterocycles. The van der Waals surface area contributed by atoms with Gasteiger partial charge in [-0.2, -0.15) is 13.2 Å². The van der Waals surface area contributed by atoms with Gasteiger partial charge in [0, 0.05) is 18.5 Å². The van der Waals surface area contributed by atoms with E-state index in [1.54, 1.807) is 41.5 Å². The summed E-state index contributed by atoms with van der Waals surface area (Å²) in [6.45, 7) is 14.8. The van der Waals surface area contributed by atoms with Crippen molar-refractivity contribution < 1.29 is 37.1 Å². The normalized spacial score (nSPS) is 23.8. The fourth-order valence-electron chi connectivity index (χ4n) is 5.34. The van der Waals surface area contributed by atoms with Crippen LogP contribution >= 0.6 is 0 Å². The molecule has 39 heavy (non-hydrogen) atoms. The van der Waals surface area contributed by atoms with E-state index in [0.717, 1.165) is 0 Å². The Hall–Kier alpha value is -2.86. The molecule has 5 N–H and O–H groups in total. The average molecular weight is 562 g/mol. The lowest BCUT2D eigenvalue weighted by molar-refractivity contribution is -0.145. The van der Waals surface area contributed by atoms with E-state index in [1.807, 2.05) is 13.8 Å². The SMILES string of the molecule is CC(C)(C)NC(=O)N[C@H](C(=O)N1C[C@H]2[C@@H]([C@H]1C(=O)NC(CCCC(F)(F)F)C(=O)C(N)=O)C2(C)C)C(C)(C)C. The number of nitrogens with zero attached hydrogens (tertiary/aromatic N) is 1. The minimum Gasteiger partial charge on any atom is -0.363 e. The lowest BCUT2D eigenvalue weighted by atomic mass is 9.85. The van der Waals surface area contributed by atoms with Crippen LogP contribution in [0.4, 0.5) is 18.0 Å². The molecule has 1 saturated carbocycles. The number of hydrogen-bond donors (Lipinski definition) is 4. The monoisotopic (exact) mass is 561 g/mol. The van der Waals surface area contributed by atoms with Gasteiger partial charge in [-0.1, -0.05) is 34.6 Å². The number of hydrogen-bond acceptors (Lipinski definition) is 5. The molecule has 0 aromatic rings. The minimum absolute atomic E-state index is 0.0308. The highest BCUT2D eigenvalue weighted by Gasteiger charge is 2.69. The molecule has 5 atom stereocenters. The van der Waals surface area contributed by atoms with E-state index in [9.17, 15) is 37.1 Å². The van der Waals surface area contributed by atoms with Gasteiger partial charge in [0.1, 0.15) is 12.1 Å². The van der Waals surface area contributed by atoms with Crippen molar-refractivity contribution in [1.29, 1.82) is 0 Å². The summed E-state index contributed by atoms with van der Waals surface area (Å²) in [5.41, 5.74) is 3.48. The molecule has 1 saturated heterocycles. The van der Waals surface area contributed by atoms with Gasteiger partial charge >= 0.3 is 12.2 Å². The molecule has 13 heteroatoms. The fourth-order valence-corrected chi connectivity index (χ4v) is 5.34. The Morgan fingerprint density at radius 3 is 2.03 bits per heavy atom. The number of Topliss-reactive ketones (excluding diaryl/α,β-unsaturated/α-hetero) is 1. The molecule has 2 aliphatic rings. The highest BCUT2D eigenvalue weighted by Crippen LogP contribution is 2.65. The van der Waals surface area contributed by atoms with Crippen LogP contribution in [0, 0.1) is 22.7 Å². The van der Waals surface area contributed by atoms with Crippen LogP contribution in [-0.2, 0) is 19.2 Å². The van der Waals surface area contributed by atoms with Crippen molar-refractivity contribution in [2.75, 3.05) is 6.54 Å². The first-order valence-corrected chi connectivity index (χ1v) is 13.1. The molecule has 0 bridgehead atoms. The number of piperidine rings is 1. The first-order valence-electron chi connectivity index (χ1n) is 13.1. The second kappa shape index (κ2) is 11.0. The van der Waals surface area contributed by atoms with E-state index in [4.69, 9.17) is 5.73 Å². The number of urea groups is 1. The zero-order valence-corrected chi connectivity index (χ0v) is 23.9. The van der Waals surface area contributed by atoms with Crippen LogP contribution in [0.5, 0.6) is 0 Å². The Balaban J connectivity index is 2.31. The molecule has 0 spiro atoms. The summed E-state index contributed by atoms with van der Waals surface area (Å²) < 4.78 is 38.0. The second-order valence-corrected chi connectivity index (χ2v) is 13.3. The molecule has 1 unspecified atom stereocenters. The van der Waals surface area contributed by atoms with E-state index in [1.165, 1.54) is 4.90 Å². The smallest absolute Gasteiger partial charge is 0.363 e. The number of likely N-dealkylation sites (tertiary alicyclic amines) is 1. The Labute approximate surface area is 227 Å². The number of nitrogens with one attached hydrogen (secondary N) is 3. The van der Waals surface area contributed by atoms with Gasteiger partial charge in [-0.15, -0.1) is 0 Å². The third-order valence-corrected chi connectivity index (χ3v) is 7.47. The van der Waals surface area contributed by atoms with Crippen molar-refractivity contribution in [3.05, 3.63) is 0 Å². The van der Waals surface area contributed by atoms with Gasteiger partial charge in [0.25, 0.3) is 5.91 Å². The number of ketones is 1. The summed E-state index contributed by atoms with van der Waals surface area (Å²) in [5.74, 6) is -4.13. The van der Waals surface area contributed by atoms with Crippen molar-refractivity contribution in [3.63, 3.8) is 0 Å². The molecular weight excluding hydrogens is 519 g/mol. The number of rotatable bonds is 9. The van der Waals surface area contributed by atoms with Crippen LogP contribution in [0.3, 0.4) is 0 Å². The van der Waals surface area contributed by atoms with Crippen molar-refractivity contribution in [1.82, 2.24) is 20.9 Å². The Bertz CT molecular complexity index is 999. The van der Waals surface area contributed by atoms with Crippen LogP contribution in [-0.4, -0.2) is 70.8 Å². The third kappa shape index (κ3) is 8.07. The highest BCUT2D eigenvalue weighted by molar-refractivity contribution is 6.37. The van der Waals surface area contributed by atoms with E-state index >= 15 is 0 Å². The molecule has 0 radical (unpaired) electrons. The van der Waals surface area contributed by atoms with E-state index in [-0.39, 0.29) is 23.8 Å². The van der Waals surface area contributed by atoms with Crippen LogP contribution in [0.25, 0.3) is 0 Å². The predicted molar refractivity (Wildman–Crippen MR) is 137 cm³/mol. The van der Waals surface area contributed by atoms with Crippen molar-refractivity contribution in [2.45, 2.75) is 104 Å². The summed E-state index contributed by atoms with van der Waals surface area (Å²) in [7, 11) is 0. The highest BCUT2D eigenvalue weighted by atomic mass is 19.4. The number of fused-ring (bicyclic) bond motifs is 1. The number of primary amides is 1. The molecule has 2 rings (SSSR count). The minimum atomic E-state index is -4.47. The first kappa shape index (κ1) is 32.4. The van der Waals surface area contributed by atoms with E-state index < -0.39 is 84.1 Å². The Kier molecular flexibility index (Phi) is 9.09. The number of amides is 5. The zero-order valence-electron chi connectivity index (χ0n) is 23.9. The van der Waals surface area contributed by atoms with Crippen LogP contribution < -0.4 is 21.7 Å². The fraction of sp³-hybridized carbons (Fsp3) is 0.808. The maximum absolute atomic E-state index is 13.8. The maximum atomic E-state index is 13.8. The second-order valence-electron chi connectivity index (χ2n) is 13.3. The van der Waals surface area contributed by atoms with Gasteiger partial charge in [0.15, 0.2) is 0 Å². The number of halogens is 3. The summed E-state index contributed by atoms with van der Waals surface area (Å²) >= 11 is 0. The van der Waals surface area contributed by atoms with Gasteiger partial charge in [0.05, 0.1) is 6.04 Å². The van der Waals surface area contributed by atoms with Crippen molar-refractivity contribution in [3.8, 4) is 0 Å². The summed E-state index contributed by atoms with van der Waals surface area (Å²) in [6, 6.07) is -4.16. The van der Waals surface area contributed by atoms with Crippen LogP contribution in [0.15, 0.2) is 0 Å². The lowest BCUT2D eigenvalue weighted by Crippen LogP contribution is -2.62. The standard InChI is InChI=1S/C26H42F3N5O5/c1-23(2,3)18(32-22(39)33-24(4,5)6)21(38)34-12-13-15(25(13,7)8)16(34)20(37)31-14(17(35)19(30)36)10-9-11-26(27,28)29/h13-16,18H,9-12H2,1-8H3,(H2,30,36)(H,31,37)(H2,32,33,39)/t13-,14?,15-,16-,18+/m0/s1. The van der Waals surface area contributed by atoms with Gasteiger partial charge < -0.3 is 26.6 Å². The average Bonchev–Trinajstić information content (AvgIpc) is 3.06. The molecule has 2 fully saturated rings. The first-order chi connectivity index (χ1) is 17.5. The van der Waals surface area contributed by atoms with Crippen LogP contribution in [0.1, 0.15) is 74.7 Å². The van der Waals surface area contributed by atoms with Gasteiger partial charge in [-0.25, -0.2) is 4.79 Å². The maximum Gasteiger partial charge on any atom is 0.389 e. The summed E-state index contributed by atoms with van der Waals surface area (Å²) in [4.78, 5) is 65.3. The van der Waals surface area contributed by atoms with Crippen molar-refractivity contribution in [2.24, 2.45) is 28.4 Å². The molecule has 5 amide bonds. The summed E-state index contributed by atoms with van der Waals surface area (Å²) in [6.07, 6.45) is -6.62. The molecule has 222 valence electrons. The Morgan fingerprint density at radius 2 is 1.56 bits per heavy atom. The number of nitrogens with two attached hydrogens (primary N) is 1. The molecule has 0 aromatic heterocycles. The molecule has 10 nitrogen and oxygen atoms in total. The zero-order chi connectivity index (χ0) is 30.3. The molecule has 0 aromatic carbocycles. The quantitative estimate of drug-likeness (QED) is 0.319. The Morgan fingerprint density at radius 1 is 1.00 bits per heavy atom. The van der Waals surface area contributed by atoms with E-state index in [2.05, 4.69) is 16.0 Å². The number of carbonyl (C=O) groups excluding carboxylic acids is 5. The van der Waals surface area contributed by atoms with Crippen molar-refractivity contribution >= 4 is 29.5 Å². The molecular formula is C26H42F3N5O5. The van der Waals surface area contributed by atoms with Gasteiger partial charge in [-0.3, -0.25) is 19.2 Å². The van der Waals surface area contributed by atoms with Gasteiger partial charge in [-0.05, 0) is 56.3 Å². The number of carbonyl (C=O) groups is 5. The van der Waals surface area contributed by atoms with Crippen LogP contribution in [0.2, 0.25) is 0 Å². The summed E-state index contributed by atoms with van der Waals surface area (Å²) in [5, 5.41) is 7.88. The largest absolute Gasteiger partial charge is 0.389 e. The lowest BCUT2D eigenvalue weighted by Gasteiger charge is -2.38. The molecule has 1 heterocycles. The molecule has 1 aliphatic carbocycles. The third-order valence-electron chi connectivity index (χ3n) is 7.47. The number of alkyl halides is 3. The van der Waals surface area contributed by atoms with E-state index in [0.29, 0.717) is 0 Å². The van der Waals surface area contributed by atoms with Gasteiger partial charge in [0.2, 0.25) is 17.6 Å².